The predicted molar refractivity (Wildman–Crippen MR) is 63.7 cm³/mol. The molecule has 0 aliphatic rings. The van der Waals surface area contributed by atoms with Gasteiger partial charge in [-0.05, 0) is 18.2 Å². The Kier molecular flexibility index (Phi) is 3.48. The van der Waals surface area contributed by atoms with E-state index in [0.29, 0.717) is 0 Å². The van der Waals surface area contributed by atoms with Gasteiger partial charge in [-0.3, -0.25) is 0 Å². The van der Waals surface area contributed by atoms with E-state index in [9.17, 15) is 18.0 Å². The number of benzene rings is 2. The van der Waals surface area contributed by atoms with Crippen molar-refractivity contribution in [1.82, 2.24) is 0 Å². The van der Waals surface area contributed by atoms with Crippen molar-refractivity contribution in [3.05, 3.63) is 58.4 Å². The molecule has 2 nitrogen and oxygen atoms in total. The first-order chi connectivity index (χ1) is 8.91. The third-order valence-electron chi connectivity index (χ3n) is 2.53. The number of carboxylic acids is 1. The lowest BCUT2D eigenvalue weighted by Gasteiger charge is -2.08. The first kappa shape index (κ1) is 13.4. The Morgan fingerprint density at radius 2 is 1.74 bits per heavy atom. The van der Waals surface area contributed by atoms with Gasteiger partial charge in [0.15, 0.2) is 11.6 Å². The fourth-order valence-corrected chi connectivity index (χ4v) is 1.89. The van der Waals surface area contributed by atoms with Crippen LogP contribution in [0.1, 0.15) is 10.4 Å². The largest absolute Gasteiger partial charge is 0.478 e. The van der Waals surface area contributed by atoms with Crippen molar-refractivity contribution in [2.24, 2.45) is 0 Å². The van der Waals surface area contributed by atoms with Crippen LogP contribution in [0.5, 0.6) is 0 Å². The van der Waals surface area contributed by atoms with E-state index in [4.69, 9.17) is 16.7 Å². The van der Waals surface area contributed by atoms with Gasteiger partial charge in [-0.25, -0.2) is 18.0 Å². The Balaban J connectivity index is 2.67. The molecular formula is C13H6ClF3O2. The minimum absolute atomic E-state index is 0.110. The maximum Gasteiger partial charge on any atom is 0.338 e. The molecule has 0 unspecified atom stereocenters. The Hall–Kier alpha value is -2.01. The van der Waals surface area contributed by atoms with Crippen molar-refractivity contribution in [3.8, 4) is 11.1 Å². The molecule has 0 aromatic heterocycles. The van der Waals surface area contributed by atoms with Gasteiger partial charge in [-0.2, -0.15) is 0 Å². The summed E-state index contributed by atoms with van der Waals surface area (Å²) >= 11 is 5.79. The van der Waals surface area contributed by atoms with Gasteiger partial charge in [0.25, 0.3) is 0 Å². The molecule has 0 saturated carbocycles. The standard InChI is InChI=1S/C13H6ClF3O2/c14-9-4-8(13(18)19)11(16)5-7(9)6-2-1-3-10(15)12(6)17/h1-5H,(H,18,19). The summed E-state index contributed by atoms with van der Waals surface area (Å²) in [6.07, 6.45) is 0. The third-order valence-corrected chi connectivity index (χ3v) is 2.84. The molecule has 19 heavy (non-hydrogen) atoms. The lowest BCUT2D eigenvalue weighted by molar-refractivity contribution is 0.0692. The number of halogens is 4. The van der Waals surface area contributed by atoms with Crippen LogP contribution in [0.4, 0.5) is 13.2 Å². The minimum Gasteiger partial charge on any atom is -0.478 e. The zero-order valence-corrected chi connectivity index (χ0v) is 10.0. The Labute approximate surface area is 111 Å². The second-order valence-electron chi connectivity index (χ2n) is 3.72. The van der Waals surface area contributed by atoms with Crippen LogP contribution in [0.2, 0.25) is 5.02 Å². The molecule has 2 rings (SSSR count). The summed E-state index contributed by atoms with van der Waals surface area (Å²) in [6.45, 7) is 0. The van der Waals surface area contributed by atoms with Crippen molar-refractivity contribution in [1.29, 1.82) is 0 Å². The summed E-state index contributed by atoms with van der Waals surface area (Å²) in [5, 5.41) is 8.54. The summed E-state index contributed by atoms with van der Waals surface area (Å²) in [6, 6.07) is 5.00. The number of carboxylic acid groups (broad SMARTS) is 1. The molecule has 1 N–H and O–H groups in total. The summed E-state index contributed by atoms with van der Waals surface area (Å²) < 4.78 is 40.2. The van der Waals surface area contributed by atoms with Gasteiger partial charge in [0.1, 0.15) is 5.82 Å². The van der Waals surface area contributed by atoms with Gasteiger partial charge >= 0.3 is 5.97 Å². The number of carbonyl (C=O) groups is 1. The number of hydrogen-bond donors (Lipinski definition) is 1. The minimum atomic E-state index is -1.49. The number of rotatable bonds is 2. The highest BCUT2D eigenvalue weighted by Gasteiger charge is 2.18. The van der Waals surface area contributed by atoms with Crippen molar-refractivity contribution in [2.45, 2.75) is 0 Å². The Morgan fingerprint density at radius 3 is 2.37 bits per heavy atom. The highest BCUT2D eigenvalue weighted by molar-refractivity contribution is 6.33. The molecule has 98 valence electrons. The molecule has 0 amide bonds. The fraction of sp³-hybridized carbons (Fsp3) is 0. The lowest BCUT2D eigenvalue weighted by atomic mass is 10.0. The first-order valence-corrected chi connectivity index (χ1v) is 5.46. The summed E-state index contributed by atoms with van der Waals surface area (Å²) in [4.78, 5) is 10.7. The average molecular weight is 287 g/mol. The van der Waals surface area contributed by atoms with Crippen LogP contribution >= 0.6 is 11.6 Å². The summed E-state index contributed by atoms with van der Waals surface area (Å²) in [5.74, 6) is -4.84. The second kappa shape index (κ2) is 4.93. The van der Waals surface area contributed by atoms with Crippen LogP contribution in [0.25, 0.3) is 11.1 Å². The van der Waals surface area contributed by atoms with Gasteiger partial charge in [0.05, 0.1) is 5.56 Å². The molecule has 0 saturated heterocycles. The SMILES string of the molecule is O=C(O)c1cc(Cl)c(-c2cccc(F)c2F)cc1F. The molecule has 0 heterocycles. The number of hydrogen-bond acceptors (Lipinski definition) is 1. The van der Waals surface area contributed by atoms with Crippen molar-refractivity contribution in [3.63, 3.8) is 0 Å². The van der Waals surface area contributed by atoms with Crippen LogP contribution in [0, 0.1) is 17.5 Å². The van der Waals surface area contributed by atoms with Crippen LogP contribution in [0.15, 0.2) is 30.3 Å². The zero-order chi connectivity index (χ0) is 14.2. The Morgan fingerprint density at radius 1 is 1.05 bits per heavy atom. The van der Waals surface area contributed by atoms with Gasteiger partial charge in [-0.1, -0.05) is 23.7 Å². The first-order valence-electron chi connectivity index (χ1n) is 5.08. The molecule has 2 aromatic rings. The quantitative estimate of drug-likeness (QED) is 0.901. The zero-order valence-electron chi connectivity index (χ0n) is 9.25. The summed E-state index contributed by atoms with van der Waals surface area (Å²) in [5.41, 5.74) is -0.979. The van der Waals surface area contributed by atoms with E-state index in [1.165, 1.54) is 12.1 Å². The highest BCUT2D eigenvalue weighted by atomic mass is 35.5. The van der Waals surface area contributed by atoms with Crippen molar-refractivity contribution < 1.29 is 23.1 Å². The molecule has 0 fully saturated rings. The van der Waals surface area contributed by atoms with Gasteiger partial charge in [-0.15, -0.1) is 0 Å². The highest BCUT2D eigenvalue weighted by Crippen LogP contribution is 2.32. The molecule has 0 atom stereocenters. The maximum atomic E-state index is 13.6. The smallest absolute Gasteiger partial charge is 0.338 e. The van der Waals surface area contributed by atoms with Crippen LogP contribution in [0.3, 0.4) is 0 Å². The van der Waals surface area contributed by atoms with E-state index < -0.39 is 29.0 Å². The van der Waals surface area contributed by atoms with Crippen LogP contribution in [-0.4, -0.2) is 11.1 Å². The second-order valence-corrected chi connectivity index (χ2v) is 4.13. The van der Waals surface area contributed by atoms with Crippen molar-refractivity contribution in [2.75, 3.05) is 0 Å². The van der Waals surface area contributed by atoms with E-state index in [1.54, 1.807) is 0 Å². The molecular weight excluding hydrogens is 281 g/mol. The topological polar surface area (TPSA) is 37.3 Å². The average Bonchev–Trinajstić information content (AvgIpc) is 2.35. The van der Waals surface area contributed by atoms with Crippen molar-refractivity contribution >= 4 is 17.6 Å². The third kappa shape index (κ3) is 2.42. The fourth-order valence-electron chi connectivity index (χ4n) is 1.63. The molecule has 0 bridgehead atoms. The monoisotopic (exact) mass is 286 g/mol. The van der Waals surface area contributed by atoms with Crippen LogP contribution in [-0.2, 0) is 0 Å². The van der Waals surface area contributed by atoms with E-state index in [-0.39, 0.29) is 16.1 Å². The molecule has 6 heteroatoms. The van der Waals surface area contributed by atoms with Gasteiger partial charge in [0.2, 0.25) is 0 Å². The van der Waals surface area contributed by atoms with E-state index >= 15 is 0 Å². The lowest BCUT2D eigenvalue weighted by Crippen LogP contribution is -2.01. The molecule has 0 aliphatic heterocycles. The summed E-state index contributed by atoms with van der Waals surface area (Å²) in [7, 11) is 0. The predicted octanol–water partition coefficient (Wildman–Crippen LogP) is 4.12. The molecule has 0 spiro atoms. The number of aromatic carboxylic acids is 1. The maximum absolute atomic E-state index is 13.6. The normalized spacial score (nSPS) is 10.5. The molecule has 0 radical (unpaired) electrons. The van der Waals surface area contributed by atoms with Gasteiger partial charge < -0.3 is 5.11 Å². The van der Waals surface area contributed by atoms with E-state index in [1.807, 2.05) is 0 Å². The van der Waals surface area contributed by atoms with Crippen LogP contribution < -0.4 is 0 Å². The molecule has 2 aromatic carbocycles. The van der Waals surface area contributed by atoms with E-state index in [0.717, 1.165) is 18.2 Å². The van der Waals surface area contributed by atoms with Gasteiger partial charge in [0, 0.05) is 16.1 Å². The van der Waals surface area contributed by atoms with E-state index in [2.05, 4.69) is 0 Å². The Bertz CT molecular complexity index is 671. The molecule has 0 aliphatic carbocycles.